The molecule has 5 heteroatoms. The molecule has 0 spiro atoms. The molecule has 0 saturated carbocycles. The first-order valence-electron chi connectivity index (χ1n) is 5.05. The maximum absolute atomic E-state index is 11.4. The maximum atomic E-state index is 11.4. The van der Waals surface area contributed by atoms with Gasteiger partial charge in [0.15, 0.2) is 0 Å². The van der Waals surface area contributed by atoms with Gasteiger partial charge in [0.05, 0.1) is 6.54 Å². The SMILES string of the molecule is CCCC(C)(N)C(O)C(=O)NCC(C)=O. The van der Waals surface area contributed by atoms with E-state index in [1.165, 1.54) is 6.92 Å². The van der Waals surface area contributed by atoms with Crippen molar-refractivity contribution < 1.29 is 14.7 Å². The third kappa shape index (κ3) is 4.90. The standard InChI is InChI=1S/C10H20N2O3/c1-4-5-10(3,11)8(14)9(15)12-6-7(2)13/h8,14H,4-6,11H2,1-3H3,(H,12,15). The van der Waals surface area contributed by atoms with Crippen LogP contribution in [0.3, 0.4) is 0 Å². The van der Waals surface area contributed by atoms with Crippen molar-refractivity contribution in [1.29, 1.82) is 0 Å². The molecule has 5 nitrogen and oxygen atoms in total. The smallest absolute Gasteiger partial charge is 0.251 e. The van der Waals surface area contributed by atoms with Crippen molar-refractivity contribution in [2.45, 2.75) is 45.3 Å². The van der Waals surface area contributed by atoms with Crippen molar-refractivity contribution in [3.05, 3.63) is 0 Å². The van der Waals surface area contributed by atoms with Gasteiger partial charge in [0, 0.05) is 5.54 Å². The van der Waals surface area contributed by atoms with Crippen LogP contribution in [0, 0.1) is 0 Å². The summed E-state index contributed by atoms with van der Waals surface area (Å²) in [4.78, 5) is 22.0. The lowest BCUT2D eigenvalue weighted by Crippen LogP contribution is -2.55. The number of hydrogen-bond donors (Lipinski definition) is 3. The number of carbonyl (C=O) groups excluding carboxylic acids is 2. The lowest BCUT2D eigenvalue weighted by molar-refractivity contribution is -0.134. The molecule has 0 rings (SSSR count). The van der Waals surface area contributed by atoms with E-state index >= 15 is 0 Å². The molecule has 2 atom stereocenters. The van der Waals surface area contributed by atoms with Gasteiger partial charge in [0.2, 0.25) is 0 Å². The van der Waals surface area contributed by atoms with E-state index in [0.29, 0.717) is 6.42 Å². The number of aliphatic hydroxyl groups is 1. The van der Waals surface area contributed by atoms with E-state index in [1.54, 1.807) is 6.92 Å². The first-order chi connectivity index (χ1) is 6.81. The molecule has 2 unspecified atom stereocenters. The molecule has 1 amide bonds. The molecular formula is C10H20N2O3. The van der Waals surface area contributed by atoms with Crippen LogP contribution in [-0.2, 0) is 9.59 Å². The molecule has 0 aliphatic rings. The number of Topliss-reactive ketones (excluding diaryl/α,β-unsaturated/α-hetero) is 1. The van der Waals surface area contributed by atoms with Crippen LogP contribution in [-0.4, -0.2) is 35.0 Å². The maximum Gasteiger partial charge on any atom is 0.251 e. The molecule has 0 aliphatic carbocycles. The second-order valence-electron chi connectivity index (χ2n) is 4.08. The highest BCUT2D eigenvalue weighted by Crippen LogP contribution is 2.13. The molecule has 15 heavy (non-hydrogen) atoms. The fourth-order valence-corrected chi connectivity index (χ4v) is 1.28. The minimum Gasteiger partial charge on any atom is -0.381 e. The number of carbonyl (C=O) groups is 2. The Bertz CT molecular complexity index is 239. The number of amides is 1. The molecule has 4 N–H and O–H groups in total. The first kappa shape index (κ1) is 14.1. The fourth-order valence-electron chi connectivity index (χ4n) is 1.28. The Labute approximate surface area is 90.0 Å². The number of hydrogen-bond acceptors (Lipinski definition) is 4. The first-order valence-corrected chi connectivity index (χ1v) is 5.05. The van der Waals surface area contributed by atoms with Crippen LogP contribution in [0.4, 0.5) is 0 Å². The van der Waals surface area contributed by atoms with Gasteiger partial charge in [0.25, 0.3) is 5.91 Å². The van der Waals surface area contributed by atoms with E-state index in [0.717, 1.165) is 6.42 Å². The minimum absolute atomic E-state index is 0.0713. The third-order valence-corrected chi connectivity index (χ3v) is 2.17. The Balaban J connectivity index is 4.24. The van der Waals surface area contributed by atoms with Crippen molar-refractivity contribution in [2.75, 3.05) is 6.54 Å². The number of aliphatic hydroxyl groups excluding tert-OH is 1. The van der Waals surface area contributed by atoms with Gasteiger partial charge in [-0.15, -0.1) is 0 Å². The average Bonchev–Trinajstić information content (AvgIpc) is 2.12. The van der Waals surface area contributed by atoms with E-state index in [1.807, 2.05) is 6.92 Å². The molecular weight excluding hydrogens is 196 g/mol. The number of nitrogens with two attached hydrogens (primary N) is 1. The molecule has 0 aromatic rings. The van der Waals surface area contributed by atoms with E-state index < -0.39 is 17.6 Å². The molecule has 0 bridgehead atoms. The van der Waals surface area contributed by atoms with Gasteiger partial charge >= 0.3 is 0 Å². The highest BCUT2D eigenvalue weighted by Gasteiger charge is 2.33. The summed E-state index contributed by atoms with van der Waals surface area (Å²) < 4.78 is 0. The van der Waals surface area contributed by atoms with E-state index in [9.17, 15) is 14.7 Å². The van der Waals surface area contributed by atoms with Crippen LogP contribution >= 0.6 is 0 Å². The van der Waals surface area contributed by atoms with Crippen LogP contribution < -0.4 is 11.1 Å². The summed E-state index contributed by atoms with van der Waals surface area (Å²) in [6, 6.07) is 0. The Hall–Kier alpha value is -0.940. The van der Waals surface area contributed by atoms with Crippen molar-refractivity contribution in [1.82, 2.24) is 5.32 Å². The molecule has 0 fully saturated rings. The molecule has 0 aromatic carbocycles. The second kappa shape index (κ2) is 5.82. The predicted molar refractivity (Wildman–Crippen MR) is 57.2 cm³/mol. The average molecular weight is 216 g/mol. The van der Waals surface area contributed by atoms with Crippen molar-refractivity contribution in [3.63, 3.8) is 0 Å². The quantitative estimate of drug-likeness (QED) is 0.561. The normalized spacial score (nSPS) is 16.6. The van der Waals surface area contributed by atoms with Gasteiger partial charge in [-0.05, 0) is 20.3 Å². The number of ketones is 1. The Morgan fingerprint density at radius 1 is 1.53 bits per heavy atom. The fraction of sp³-hybridized carbons (Fsp3) is 0.800. The lowest BCUT2D eigenvalue weighted by Gasteiger charge is -2.28. The lowest BCUT2D eigenvalue weighted by atomic mass is 9.90. The molecule has 0 saturated heterocycles. The largest absolute Gasteiger partial charge is 0.381 e. The van der Waals surface area contributed by atoms with Crippen LogP contribution in [0.2, 0.25) is 0 Å². The van der Waals surface area contributed by atoms with Gasteiger partial charge in [-0.3, -0.25) is 9.59 Å². The van der Waals surface area contributed by atoms with E-state index in [4.69, 9.17) is 5.73 Å². The predicted octanol–water partition coefficient (Wildman–Crippen LogP) is -0.430. The minimum atomic E-state index is -1.28. The van der Waals surface area contributed by atoms with Crippen LogP contribution in [0.5, 0.6) is 0 Å². The topological polar surface area (TPSA) is 92.4 Å². The van der Waals surface area contributed by atoms with Crippen LogP contribution in [0.25, 0.3) is 0 Å². The summed E-state index contributed by atoms with van der Waals surface area (Å²) in [5, 5.41) is 12.0. The van der Waals surface area contributed by atoms with E-state index in [-0.39, 0.29) is 12.3 Å². The monoisotopic (exact) mass is 216 g/mol. The Kier molecular flexibility index (Phi) is 5.46. The summed E-state index contributed by atoms with van der Waals surface area (Å²) >= 11 is 0. The van der Waals surface area contributed by atoms with Gasteiger partial charge in [-0.1, -0.05) is 13.3 Å². The molecule has 88 valence electrons. The molecule has 0 aliphatic heterocycles. The molecule has 0 aromatic heterocycles. The number of nitrogens with one attached hydrogen (secondary N) is 1. The highest BCUT2D eigenvalue weighted by molar-refractivity contribution is 5.87. The van der Waals surface area contributed by atoms with Gasteiger partial charge in [0.1, 0.15) is 11.9 Å². The van der Waals surface area contributed by atoms with Crippen molar-refractivity contribution in [3.8, 4) is 0 Å². The highest BCUT2D eigenvalue weighted by atomic mass is 16.3. The van der Waals surface area contributed by atoms with Crippen molar-refractivity contribution in [2.24, 2.45) is 5.73 Å². The second-order valence-corrected chi connectivity index (χ2v) is 4.08. The van der Waals surface area contributed by atoms with E-state index in [2.05, 4.69) is 5.32 Å². The summed E-state index contributed by atoms with van der Waals surface area (Å²) in [6.45, 7) is 4.83. The Morgan fingerprint density at radius 3 is 2.47 bits per heavy atom. The van der Waals surface area contributed by atoms with Crippen LogP contribution in [0.15, 0.2) is 0 Å². The summed E-state index contributed by atoms with van der Waals surface area (Å²) in [5.74, 6) is -0.756. The third-order valence-electron chi connectivity index (χ3n) is 2.17. The zero-order chi connectivity index (χ0) is 12.1. The molecule has 0 radical (unpaired) electrons. The van der Waals surface area contributed by atoms with Crippen LogP contribution in [0.1, 0.15) is 33.6 Å². The van der Waals surface area contributed by atoms with Gasteiger partial charge in [-0.25, -0.2) is 0 Å². The zero-order valence-electron chi connectivity index (χ0n) is 9.54. The summed E-state index contributed by atoms with van der Waals surface area (Å²) in [5.41, 5.74) is 4.83. The zero-order valence-corrected chi connectivity index (χ0v) is 9.54. The number of rotatable bonds is 6. The summed E-state index contributed by atoms with van der Waals surface area (Å²) in [7, 11) is 0. The van der Waals surface area contributed by atoms with Gasteiger partial charge < -0.3 is 16.2 Å². The van der Waals surface area contributed by atoms with Crippen molar-refractivity contribution >= 4 is 11.7 Å². The Morgan fingerprint density at radius 2 is 2.07 bits per heavy atom. The summed E-state index contributed by atoms with van der Waals surface area (Å²) in [6.07, 6.45) is 0.0444. The van der Waals surface area contributed by atoms with Gasteiger partial charge in [-0.2, -0.15) is 0 Å². The molecule has 0 heterocycles.